The molecule has 0 radical (unpaired) electrons. The van der Waals surface area contributed by atoms with E-state index in [1.165, 1.54) is 12.8 Å². The van der Waals surface area contributed by atoms with Crippen LogP contribution in [0.4, 0.5) is 5.69 Å². The lowest BCUT2D eigenvalue weighted by Crippen LogP contribution is -2.29. The molecule has 110 valence electrons. The number of nitrogens with one attached hydrogen (secondary N) is 2. The fraction of sp³-hybridized carbons (Fsp3) is 0.333. The van der Waals surface area contributed by atoms with Crippen molar-refractivity contribution in [3.05, 3.63) is 41.9 Å². The SMILES string of the molecule is O=C(CNCC1CC1)Nc1cccc(Cl)c1-n1ccnc1. The zero-order valence-electron chi connectivity index (χ0n) is 11.6. The van der Waals surface area contributed by atoms with Gasteiger partial charge in [0.25, 0.3) is 0 Å². The van der Waals surface area contributed by atoms with Gasteiger partial charge in [-0.25, -0.2) is 4.98 Å². The molecular formula is C15H17ClN4O. The standard InChI is InChI=1S/C15H17ClN4O/c16-12-2-1-3-13(15(12)20-7-6-17-10-20)19-14(21)9-18-8-11-4-5-11/h1-3,6-7,10-11,18H,4-5,8-9H2,(H,19,21). The summed E-state index contributed by atoms with van der Waals surface area (Å²) in [5, 5.41) is 6.64. The third kappa shape index (κ3) is 3.62. The van der Waals surface area contributed by atoms with Gasteiger partial charge in [0.15, 0.2) is 0 Å². The van der Waals surface area contributed by atoms with Crippen LogP contribution in [0.5, 0.6) is 0 Å². The van der Waals surface area contributed by atoms with Gasteiger partial charge >= 0.3 is 0 Å². The predicted molar refractivity (Wildman–Crippen MR) is 82.8 cm³/mol. The summed E-state index contributed by atoms with van der Waals surface area (Å²) < 4.78 is 1.79. The number of amides is 1. The summed E-state index contributed by atoms with van der Waals surface area (Å²) in [5.41, 5.74) is 1.41. The Morgan fingerprint density at radius 2 is 2.29 bits per heavy atom. The minimum absolute atomic E-state index is 0.0701. The summed E-state index contributed by atoms with van der Waals surface area (Å²) >= 11 is 6.24. The van der Waals surface area contributed by atoms with Crippen LogP contribution in [-0.4, -0.2) is 28.5 Å². The van der Waals surface area contributed by atoms with Crippen LogP contribution in [0, 0.1) is 5.92 Å². The number of imidazole rings is 1. The van der Waals surface area contributed by atoms with Gasteiger partial charge in [0.05, 0.1) is 29.3 Å². The molecule has 3 rings (SSSR count). The highest BCUT2D eigenvalue weighted by molar-refractivity contribution is 6.33. The normalized spacial score (nSPS) is 14.1. The smallest absolute Gasteiger partial charge is 0.238 e. The van der Waals surface area contributed by atoms with E-state index in [0.29, 0.717) is 17.3 Å². The highest BCUT2D eigenvalue weighted by Crippen LogP contribution is 2.28. The number of halogens is 1. The van der Waals surface area contributed by atoms with Gasteiger partial charge in [-0.2, -0.15) is 0 Å². The van der Waals surface area contributed by atoms with E-state index in [4.69, 9.17) is 11.6 Å². The van der Waals surface area contributed by atoms with Crippen molar-refractivity contribution in [1.29, 1.82) is 0 Å². The molecule has 5 nitrogen and oxygen atoms in total. The number of para-hydroxylation sites is 1. The van der Waals surface area contributed by atoms with Crippen LogP contribution in [0.2, 0.25) is 5.02 Å². The fourth-order valence-corrected chi connectivity index (χ4v) is 2.45. The first kappa shape index (κ1) is 14.1. The lowest BCUT2D eigenvalue weighted by molar-refractivity contribution is -0.115. The summed E-state index contributed by atoms with van der Waals surface area (Å²) in [5.74, 6) is 0.685. The molecule has 2 N–H and O–H groups in total. The summed E-state index contributed by atoms with van der Waals surface area (Å²) in [6.45, 7) is 1.23. The maximum atomic E-state index is 12.0. The number of carbonyl (C=O) groups excluding carboxylic acids is 1. The van der Waals surface area contributed by atoms with Gasteiger partial charge in [0.2, 0.25) is 5.91 Å². The molecule has 1 aromatic heterocycles. The first-order valence-corrected chi connectivity index (χ1v) is 7.39. The Bertz CT molecular complexity index is 623. The van der Waals surface area contributed by atoms with Crippen LogP contribution in [-0.2, 0) is 4.79 Å². The van der Waals surface area contributed by atoms with Crippen molar-refractivity contribution in [1.82, 2.24) is 14.9 Å². The van der Waals surface area contributed by atoms with E-state index >= 15 is 0 Å². The van der Waals surface area contributed by atoms with E-state index in [2.05, 4.69) is 15.6 Å². The molecule has 0 spiro atoms. The lowest BCUT2D eigenvalue weighted by Gasteiger charge is -2.13. The molecule has 21 heavy (non-hydrogen) atoms. The summed E-state index contributed by atoms with van der Waals surface area (Å²) in [4.78, 5) is 16.0. The van der Waals surface area contributed by atoms with Crippen molar-refractivity contribution < 1.29 is 4.79 Å². The molecule has 6 heteroatoms. The molecule has 1 aromatic carbocycles. The molecule has 0 atom stereocenters. The molecule has 1 aliphatic rings. The maximum Gasteiger partial charge on any atom is 0.238 e. The molecular weight excluding hydrogens is 288 g/mol. The average Bonchev–Trinajstić information content (AvgIpc) is 3.12. The minimum Gasteiger partial charge on any atom is -0.323 e. The first-order chi connectivity index (χ1) is 10.2. The number of benzene rings is 1. The Morgan fingerprint density at radius 3 is 3.00 bits per heavy atom. The fourth-order valence-electron chi connectivity index (χ4n) is 2.18. The van der Waals surface area contributed by atoms with Gasteiger partial charge < -0.3 is 15.2 Å². The molecule has 1 saturated carbocycles. The number of hydrogen-bond donors (Lipinski definition) is 2. The number of carbonyl (C=O) groups is 1. The molecule has 2 aromatic rings. The average molecular weight is 305 g/mol. The highest BCUT2D eigenvalue weighted by Gasteiger charge is 2.20. The second-order valence-corrected chi connectivity index (χ2v) is 5.64. The maximum absolute atomic E-state index is 12.0. The van der Waals surface area contributed by atoms with Gasteiger partial charge in [-0.3, -0.25) is 4.79 Å². The largest absolute Gasteiger partial charge is 0.323 e. The van der Waals surface area contributed by atoms with Crippen molar-refractivity contribution >= 4 is 23.2 Å². The van der Waals surface area contributed by atoms with Crippen molar-refractivity contribution in [3.63, 3.8) is 0 Å². The summed E-state index contributed by atoms with van der Waals surface area (Å²) in [7, 11) is 0. The zero-order valence-corrected chi connectivity index (χ0v) is 12.3. The minimum atomic E-state index is -0.0701. The van der Waals surface area contributed by atoms with E-state index in [9.17, 15) is 4.79 Å². The summed E-state index contributed by atoms with van der Waals surface area (Å²) in [6.07, 6.45) is 7.66. The molecule has 1 amide bonds. The zero-order chi connectivity index (χ0) is 14.7. The van der Waals surface area contributed by atoms with E-state index in [-0.39, 0.29) is 5.91 Å². The Balaban J connectivity index is 1.69. The molecule has 1 heterocycles. The Hall–Kier alpha value is -1.85. The van der Waals surface area contributed by atoms with Crippen LogP contribution in [0.3, 0.4) is 0 Å². The number of rotatable bonds is 6. The second-order valence-electron chi connectivity index (χ2n) is 5.23. The lowest BCUT2D eigenvalue weighted by atomic mass is 10.2. The highest BCUT2D eigenvalue weighted by atomic mass is 35.5. The van der Waals surface area contributed by atoms with Crippen LogP contribution in [0.1, 0.15) is 12.8 Å². The number of anilines is 1. The van der Waals surface area contributed by atoms with Crippen LogP contribution >= 0.6 is 11.6 Å². The predicted octanol–water partition coefficient (Wildman–Crippen LogP) is 2.46. The van der Waals surface area contributed by atoms with Crippen molar-refractivity contribution in [2.75, 3.05) is 18.4 Å². The molecule has 0 bridgehead atoms. The number of hydrogen-bond acceptors (Lipinski definition) is 3. The Kier molecular flexibility index (Phi) is 4.22. The van der Waals surface area contributed by atoms with Gasteiger partial charge in [-0.15, -0.1) is 0 Å². The van der Waals surface area contributed by atoms with Gasteiger partial charge in [0, 0.05) is 12.4 Å². The van der Waals surface area contributed by atoms with Crippen LogP contribution in [0.25, 0.3) is 5.69 Å². The van der Waals surface area contributed by atoms with E-state index < -0.39 is 0 Å². The monoisotopic (exact) mass is 304 g/mol. The van der Waals surface area contributed by atoms with E-state index in [1.54, 1.807) is 29.4 Å². The summed E-state index contributed by atoms with van der Waals surface area (Å²) in [6, 6.07) is 5.44. The van der Waals surface area contributed by atoms with Crippen LogP contribution < -0.4 is 10.6 Å². The first-order valence-electron chi connectivity index (χ1n) is 7.01. The molecule has 1 fully saturated rings. The number of aromatic nitrogens is 2. The van der Waals surface area contributed by atoms with Crippen molar-refractivity contribution in [3.8, 4) is 5.69 Å². The van der Waals surface area contributed by atoms with Gasteiger partial charge in [0.1, 0.15) is 0 Å². The molecule has 0 aliphatic heterocycles. The molecule has 1 aliphatic carbocycles. The second kappa shape index (κ2) is 6.28. The van der Waals surface area contributed by atoms with Gasteiger partial charge in [-0.05, 0) is 37.4 Å². The Labute approximate surface area is 128 Å². The van der Waals surface area contributed by atoms with Gasteiger partial charge in [-0.1, -0.05) is 17.7 Å². The van der Waals surface area contributed by atoms with Crippen molar-refractivity contribution in [2.24, 2.45) is 5.92 Å². The topological polar surface area (TPSA) is 59.0 Å². The van der Waals surface area contributed by atoms with Crippen molar-refractivity contribution in [2.45, 2.75) is 12.8 Å². The van der Waals surface area contributed by atoms with Crippen LogP contribution in [0.15, 0.2) is 36.9 Å². The third-order valence-electron chi connectivity index (χ3n) is 3.44. The molecule has 0 unspecified atom stereocenters. The number of nitrogens with zero attached hydrogens (tertiary/aromatic N) is 2. The third-order valence-corrected chi connectivity index (χ3v) is 3.74. The molecule has 0 saturated heterocycles. The quantitative estimate of drug-likeness (QED) is 0.862. The van der Waals surface area contributed by atoms with E-state index in [1.807, 2.05) is 12.1 Å². The van der Waals surface area contributed by atoms with E-state index in [0.717, 1.165) is 18.2 Å². The Morgan fingerprint density at radius 1 is 1.43 bits per heavy atom.